The van der Waals surface area contributed by atoms with Gasteiger partial charge in [0, 0.05) is 5.41 Å². The third-order valence-corrected chi connectivity index (χ3v) is 5.32. The first-order valence-electron chi connectivity index (χ1n) is 9.20. The van der Waals surface area contributed by atoms with Crippen LogP contribution in [-0.4, -0.2) is 57.9 Å². The van der Waals surface area contributed by atoms with Gasteiger partial charge >= 0.3 is 5.97 Å². The Balaban J connectivity index is 0.000000580. The minimum atomic E-state index is -1.35. The van der Waals surface area contributed by atoms with Crippen LogP contribution >= 0.6 is 0 Å². The zero-order valence-corrected chi connectivity index (χ0v) is 16.4. The van der Waals surface area contributed by atoms with Gasteiger partial charge in [-0.3, -0.25) is 4.79 Å². The number of carbonyl (C=O) groups is 1. The Morgan fingerprint density at radius 2 is 1.48 bits per heavy atom. The summed E-state index contributed by atoms with van der Waals surface area (Å²) in [6.07, 6.45) is 4.54. The molecule has 0 amide bonds. The van der Waals surface area contributed by atoms with Gasteiger partial charge in [-0.15, -0.1) is 0 Å². The highest BCUT2D eigenvalue weighted by molar-refractivity contribution is 5.74. The molecule has 1 rings (SSSR count). The van der Waals surface area contributed by atoms with Crippen molar-refractivity contribution < 1.29 is 30.3 Å². The Hall–Kier alpha value is -1.73. The van der Waals surface area contributed by atoms with Crippen LogP contribution in [0.5, 0.6) is 0 Å². The van der Waals surface area contributed by atoms with Crippen molar-refractivity contribution in [1.29, 1.82) is 0 Å². The van der Waals surface area contributed by atoms with Crippen molar-refractivity contribution in [2.75, 3.05) is 26.4 Å². The summed E-state index contributed by atoms with van der Waals surface area (Å²) in [4.78, 5) is 10.4. The van der Waals surface area contributed by atoms with Gasteiger partial charge in [-0.1, -0.05) is 50.8 Å². The third-order valence-electron chi connectivity index (χ3n) is 5.32. The van der Waals surface area contributed by atoms with Crippen molar-refractivity contribution in [1.82, 2.24) is 0 Å². The molecule has 27 heavy (non-hydrogen) atoms. The van der Waals surface area contributed by atoms with Gasteiger partial charge in [-0.2, -0.15) is 0 Å². The molecule has 0 spiro atoms. The summed E-state index contributed by atoms with van der Waals surface area (Å²) in [6.45, 7) is 6.39. The molecule has 0 radical (unpaired) electrons. The van der Waals surface area contributed by atoms with Crippen molar-refractivity contribution in [2.45, 2.75) is 39.5 Å². The van der Waals surface area contributed by atoms with E-state index in [0.717, 1.165) is 24.8 Å². The monoisotopic (exact) mass is 382 g/mol. The van der Waals surface area contributed by atoms with Gasteiger partial charge in [-0.05, 0) is 36.8 Å². The summed E-state index contributed by atoms with van der Waals surface area (Å²) >= 11 is 0. The van der Waals surface area contributed by atoms with Crippen LogP contribution in [-0.2, 0) is 11.2 Å². The van der Waals surface area contributed by atoms with Crippen LogP contribution in [0.3, 0.4) is 0 Å². The predicted octanol–water partition coefficient (Wildman–Crippen LogP) is 2.10. The number of hydrogen-bond acceptors (Lipinski definition) is 5. The molecule has 0 aliphatic rings. The smallest absolute Gasteiger partial charge is 0.314 e. The van der Waals surface area contributed by atoms with Crippen molar-refractivity contribution in [3.63, 3.8) is 0 Å². The standard InChI is InChI=1S/C15H22O2.C6H12O4/c1-3-13-5-7-14(8-6-13)9-10-15(4-2,11-16)12-17;1-2-6(3-7,4-8)5(9)10/h3,5-8,16-17H,1,4,9-12H2,2H3;7-8H,2-4H2,1H3,(H,9,10). The van der Waals surface area contributed by atoms with Gasteiger partial charge < -0.3 is 25.5 Å². The van der Waals surface area contributed by atoms with E-state index < -0.39 is 24.6 Å². The Bertz CT molecular complexity index is 528. The minimum Gasteiger partial charge on any atom is -0.481 e. The molecule has 1 aromatic carbocycles. The molecule has 0 aliphatic heterocycles. The van der Waals surface area contributed by atoms with Crippen LogP contribution in [0.1, 0.15) is 44.2 Å². The minimum absolute atomic E-state index is 0.0464. The first-order valence-corrected chi connectivity index (χ1v) is 9.20. The van der Waals surface area contributed by atoms with Crippen molar-refractivity contribution >= 4 is 12.0 Å². The summed E-state index contributed by atoms with van der Waals surface area (Å²) in [5, 5.41) is 44.4. The molecule has 6 nitrogen and oxygen atoms in total. The predicted molar refractivity (Wildman–Crippen MR) is 106 cm³/mol. The number of aliphatic hydroxyl groups is 4. The van der Waals surface area contributed by atoms with E-state index in [1.165, 1.54) is 5.56 Å². The average molecular weight is 382 g/mol. The zero-order chi connectivity index (χ0) is 20.9. The molecule has 0 atom stereocenters. The molecular formula is C21H34O6. The van der Waals surface area contributed by atoms with Crippen LogP contribution in [0.25, 0.3) is 6.08 Å². The molecule has 0 bridgehead atoms. The average Bonchev–Trinajstić information content (AvgIpc) is 2.72. The maximum absolute atomic E-state index is 10.4. The van der Waals surface area contributed by atoms with Crippen LogP contribution in [0.4, 0.5) is 0 Å². The number of aliphatic hydroxyl groups excluding tert-OH is 4. The topological polar surface area (TPSA) is 118 Å². The number of aryl methyl sites for hydroxylation is 1. The second kappa shape index (κ2) is 12.6. The van der Waals surface area contributed by atoms with E-state index in [4.69, 9.17) is 15.3 Å². The highest BCUT2D eigenvalue weighted by atomic mass is 16.4. The molecule has 0 saturated heterocycles. The van der Waals surface area contributed by atoms with E-state index >= 15 is 0 Å². The molecule has 6 heteroatoms. The number of rotatable bonds is 11. The maximum atomic E-state index is 10.4. The Kier molecular flexibility index (Phi) is 11.8. The number of carboxylic acids is 1. The second-order valence-electron chi connectivity index (χ2n) is 6.87. The molecular weight excluding hydrogens is 348 g/mol. The fourth-order valence-corrected chi connectivity index (χ4v) is 2.40. The first-order chi connectivity index (χ1) is 12.8. The fourth-order valence-electron chi connectivity index (χ4n) is 2.40. The lowest BCUT2D eigenvalue weighted by molar-refractivity contribution is -0.154. The summed E-state index contributed by atoms with van der Waals surface area (Å²) in [7, 11) is 0. The molecule has 5 N–H and O–H groups in total. The van der Waals surface area contributed by atoms with E-state index in [9.17, 15) is 15.0 Å². The second-order valence-corrected chi connectivity index (χ2v) is 6.87. The lowest BCUT2D eigenvalue weighted by Gasteiger charge is -2.28. The lowest BCUT2D eigenvalue weighted by Crippen LogP contribution is -2.37. The van der Waals surface area contributed by atoms with Gasteiger partial charge in [0.25, 0.3) is 0 Å². The SMILES string of the molecule is C=Cc1ccc(CCC(CC)(CO)CO)cc1.CCC(CO)(CO)C(=O)O. The van der Waals surface area contributed by atoms with Gasteiger partial charge in [0.15, 0.2) is 0 Å². The highest BCUT2D eigenvalue weighted by Gasteiger charge is 2.35. The molecule has 0 heterocycles. The van der Waals surface area contributed by atoms with Gasteiger partial charge in [-0.25, -0.2) is 0 Å². The first kappa shape index (κ1) is 25.3. The van der Waals surface area contributed by atoms with E-state index in [1.54, 1.807) is 6.92 Å². The Morgan fingerprint density at radius 3 is 1.74 bits per heavy atom. The Labute approximate surface area is 161 Å². The molecule has 0 aliphatic carbocycles. The number of aliphatic carboxylic acids is 1. The normalized spacial score (nSPS) is 11.5. The van der Waals surface area contributed by atoms with Crippen LogP contribution < -0.4 is 0 Å². The summed E-state index contributed by atoms with van der Waals surface area (Å²) in [5.41, 5.74) is 0.659. The molecule has 1 aromatic rings. The van der Waals surface area contributed by atoms with Crippen molar-refractivity contribution in [2.24, 2.45) is 10.8 Å². The zero-order valence-electron chi connectivity index (χ0n) is 16.4. The molecule has 0 aromatic heterocycles. The molecule has 154 valence electrons. The maximum Gasteiger partial charge on any atom is 0.314 e. The number of carboxylic acid groups (broad SMARTS) is 1. The number of benzene rings is 1. The quantitative estimate of drug-likeness (QED) is 0.400. The Morgan fingerprint density at radius 1 is 0.963 bits per heavy atom. The van der Waals surface area contributed by atoms with Crippen molar-refractivity contribution in [3.8, 4) is 0 Å². The largest absolute Gasteiger partial charge is 0.481 e. The highest BCUT2D eigenvalue weighted by Crippen LogP contribution is 2.27. The summed E-state index contributed by atoms with van der Waals surface area (Å²) < 4.78 is 0. The van der Waals surface area contributed by atoms with E-state index in [0.29, 0.717) is 0 Å². The lowest BCUT2D eigenvalue weighted by atomic mass is 9.81. The fraction of sp³-hybridized carbons (Fsp3) is 0.571. The number of hydrogen-bond donors (Lipinski definition) is 5. The van der Waals surface area contributed by atoms with Crippen LogP contribution in [0.15, 0.2) is 30.8 Å². The molecule has 0 fully saturated rings. The molecule has 0 unspecified atom stereocenters. The van der Waals surface area contributed by atoms with E-state index in [-0.39, 0.29) is 25.0 Å². The third kappa shape index (κ3) is 7.42. The van der Waals surface area contributed by atoms with Gasteiger partial charge in [0.05, 0.1) is 26.4 Å². The summed E-state index contributed by atoms with van der Waals surface area (Å²) in [5.74, 6) is -1.15. The van der Waals surface area contributed by atoms with Crippen LogP contribution in [0.2, 0.25) is 0 Å². The van der Waals surface area contributed by atoms with Crippen LogP contribution in [0, 0.1) is 10.8 Å². The van der Waals surface area contributed by atoms with Gasteiger partial charge in [0.1, 0.15) is 5.41 Å². The van der Waals surface area contributed by atoms with E-state index in [2.05, 4.69) is 18.7 Å². The summed E-state index contributed by atoms with van der Waals surface area (Å²) in [6, 6.07) is 8.22. The van der Waals surface area contributed by atoms with E-state index in [1.807, 2.05) is 25.1 Å². The molecule has 0 saturated carbocycles. The van der Waals surface area contributed by atoms with Crippen molar-refractivity contribution in [3.05, 3.63) is 42.0 Å². The van der Waals surface area contributed by atoms with Gasteiger partial charge in [0.2, 0.25) is 0 Å².